The summed E-state index contributed by atoms with van der Waals surface area (Å²) in [5.74, 6) is 0.985. The zero-order valence-electron chi connectivity index (χ0n) is 17.1. The van der Waals surface area contributed by atoms with Gasteiger partial charge >= 0.3 is 0 Å². The van der Waals surface area contributed by atoms with Gasteiger partial charge in [-0.3, -0.25) is 9.59 Å². The van der Waals surface area contributed by atoms with Crippen LogP contribution in [0.4, 0.5) is 0 Å². The monoisotopic (exact) mass is 411 g/mol. The lowest BCUT2D eigenvalue weighted by atomic mass is 9.99. The highest BCUT2D eigenvalue weighted by molar-refractivity contribution is 6.05. The molecule has 0 saturated heterocycles. The normalized spacial score (nSPS) is 15.2. The minimum atomic E-state index is -0.279. The summed E-state index contributed by atoms with van der Waals surface area (Å²) >= 11 is 0. The first-order valence-corrected chi connectivity index (χ1v) is 10.3. The molecule has 1 amide bonds. The van der Waals surface area contributed by atoms with Crippen molar-refractivity contribution in [3.05, 3.63) is 99.7 Å². The van der Waals surface area contributed by atoms with Gasteiger partial charge in [0.05, 0.1) is 23.6 Å². The average molecular weight is 411 g/mol. The van der Waals surface area contributed by atoms with Crippen LogP contribution in [-0.2, 0) is 0 Å². The van der Waals surface area contributed by atoms with Crippen molar-refractivity contribution >= 4 is 16.9 Å². The fraction of sp³-hybridized carbons (Fsp3) is 0.154. The zero-order valence-corrected chi connectivity index (χ0v) is 17.1. The van der Waals surface area contributed by atoms with Crippen LogP contribution in [0.25, 0.3) is 22.3 Å². The van der Waals surface area contributed by atoms with Crippen molar-refractivity contribution in [1.29, 1.82) is 0 Å². The van der Waals surface area contributed by atoms with E-state index >= 15 is 0 Å². The van der Waals surface area contributed by atoms with Crippen molar-refractivity contribution in [2.45, 2.75) is 19.4 Å². The molecule has 1 unspecified atom stereocenters. The smallest absolute Gasteiger partial charge is 0.255 e. The summed E-state index contributed by atoms with van der Waals surface area (Å²) in [4.78, 5) is 26.3. The lowest BCUT2D eigenvalue weighted by Gasteiger charge is -2.26. The molecule has 0 aliphatic carbocycles. The standard InChI is InChI=1S/C26H21NO4/c1-16-23(28)19-11-7-12-20(25(19)31-24(16)17-8-3-2-4-9-17)26(29)27-21-14-15-30-22-13-6-5-10-18(21)22/h2-13,21H,14-15H2,1H3,(H,27,29). The Morgan fingerprint density at radius 2 is 1.74 bits per heavy atom. The van der Waals surface area contributed by atoms with Crippen LogP contribution in [0, 0.1) is 6.92 Å². The fourth-order valence-corrected chi connectivity index (χ4v) is 4.08. The highest BCUT2D eigenvalue weighted by Gasteiger charge is 2.25. The van der Waals surface area contributed by atoms with E-state index in [9.17, 15) is 9.59 Å². The van der Waals surface area contributed by atoms with Crippen molar-refractivity contribution in [3.63, 3.8) is 0 Å². The number of hydrogen-bond acceptors (Lipinski definition) is 4. The van der Waals surface area contributed by atoms with E-state index in [-0.39, 0.29) is 17.4 Å². The molecule has 3 aromatic carbocycles. The van der Waals surface area contributed by atoms with Crippen LogP contribution >= 0.6 is 0 Å². The molecule has 0 radical (unpaired) electrons. The Kier molecular flexibility index (Phi) is 4.79. The molecule has 1 aliphatic heterocycles. The molecule has 1 aromatic heterocycles. The Morgan fingerprint density at radius 1 is 0.968 bits per heavy atom. The van der Waals surface area contributed by atoms with Gasteiger partial charge in [-0.15, -0.1) is 0 Å². The first-order valence-electron chi connectivity index (χ1n) is 10.3. The van der Waals surface area contributed by atoms with Crippen LogP contribution in [-0.4, -0.2) is 12.5 Å². The molecular formula is C26H21NO4. The molecule has 1 aliphatic rings. The molecule has 0 spiro atoms. The summed E-state index contributed by atoms with van der Waals surface area (Å²) in [5.41, 5.74) is 2.78. The number of fused-ring (bicyclic) bond motifs is 2. The molecule has 1 N–H and O–H groups in total. The van der Waals surface area contributed by atoms with Crippen molar-refractivity contribution < 1.29 is 13.9 Å². The topological polar surface area (TPSA) is 68.5 Å². The molecule has 0 fully saturated rings. The molecule has 5 heteroatoms. The Hall–Kier alpha value is -3.86. The highest BCUT2D eigenvalue weighted by atomic mass is 16.5. The van der Waals surface area contributed by atoms with Crippen molar-refractivity contribution in [2.75, 3.05) is 6.61 Å². The summed E-state index contributed by atoms with van der Waals surface area (Å²) in [6, 6.07) is 22.1. The largest absolute Gasteiger partial charge is 0.493 e. The Morgan fingerprint density at radius 3 is 2.58 bits per heavy atom. The quantitative estimate of drug-likeness (QED) is 0.514. The summed E-state index contributed by atoms with van der Waals surface area (Å²) in [6.07, 6.45) is 0.672. The van der Waals surface area contributed by atoms with Crippen molar-refractivity contribution in [2.24, 2.45) is 0 Å². The maximum atomic E-state index is 13.3. The second-order valence-electron chi connectivity index (χ2n) is 7.63. The number of rotatable bonds is 3. The Labute approximate surface area is 179 Å². The number of benzene rings is 3. The molecule has 5 rings (SSSR count). The zero-order chi connectivity index (χ0) is 21.4. The van der Waals surface area contributed by atoms with E-state index in [0.717, 1.165) is 16.9 Å². The molecule has 31 heavy (non-hydrogen) atoms. The third-order valence-electron chi connectivity index (χ3n) is 5.69. The van der Waals surface area contributed by atoms with E-state index < -0.39 is 0 Å². The van der Waals surface area contributed by atoms with Gasteiger partial charge in [0.1, 0.15) is 11.5 Å². The predicted molar refractivity (Wildman–Crippen MR) is 119 cm³/mol. The van der Waals surface area contributed by atoms with Crippen molar-refractivity contribution in [3.8, 4) is 17.1 Å². The van der Waals surface area contributed by atoms with Crippen LogP contribution in [0.15, 0.2) is 82.0 Å². The molecule has 0 bridgehead atoms. The van der Waals surface area contributed by atoms with Gasteiger partial charge in [0.2, 0.25) is 0 Å². The molecule has 5 nitrogen and oxygen atoms in total. The SMILES string of the molecule is Cc1c(-c2ccccc2)oc2c(C(=O)NC3CCOc4ccccc43)cccc2c1=O. The number of nitrogens with one attached hydrogen (secondary N) is 1. The number of ether oxygens (including phenoxy) is 1. The Balaban J connectivity index is 1.58. The second kappa shape index (κ2) is 7.76. The van der Waals surface area contributed by atoms with Gasteiger partial charge < -0.3 is 14.5 Å². The van der Waals surface area contributed by atoms with Crippen LogP contribution < -0.4 is 15.5 Å². The van der Waals surface area contributed by atoms with E-state index in [1.165, 1.54) is 0 Å². The lowest BCUT2D eigenvalue weighted by molar-refractivity contribution is 0.0925. The first kappa shape index (κ1) is 19.1. The third kappa shape index (κ3) is 3.38. The average Bonchev–Trinajstić information content (AvgIpc) is 2.82. The van der Waals surface area contributed by atoms with Gasteiger partial charge in [-0.25, -0.2) is 0 Å². The second-order valence-corrected chi connectivity index (χ2v) is 7.63. The van der Waals surface area contributed by atoms with Gasteiger partial charge in [0.25, 0.3) is 5.91 Å². The summed E-state index contributed by atoms with van der Waals surface area (Å²) in [5, 5.41) is 3.50. The summed E-state index contributed by atoms with van der Waals surface area (Å²) in [6.45, 7) is 2.28. The van der Waals surface area contributed by atoms with Crippen molar-refractivity contribution in [1.82, 2.24) is 5.32 Å². The number of carbonyl (C=O) groups is 1. The van der Waals surface area contributed by atoms with Crippen LogP contribution in [0.2, 0.25) is 0 Å². The van der Waals surface area contributed by atoms with Gasteiger partial charge in [0.15, 0.2) is 11.0 Å². The first-order chi connectivity index (χ1) is 15.1. The minimum Gasteiger partial charge on any atom is -0.493 e. The number of amides is 1. The van der Waals surface area contributed by atoms with Gasteiger partial charge in [-0.1, -0.05) is 54.6 Å². The molecule has 1 atom stereocenters. The van der Waals surface area contributed by atoms with E-state index in [0.29, 0.717) is 40.9 Å². The number of para-hydroxylation sites is 2. The van der Waals surface area contributed by atoms with Crippen LogP contribution in [0.1, 0.15) is 33.9 Å². The molecule has 4 aromatic rings. The van der Waals surface area contributed by atoms with Crippen LogP contribution in [0.3, 0.4) is 0 Å². The van der Waals surface area contributed by atoms with Gasteiger partial charge in [0, 0.05) is 23.1 Å². The van der Waals surface area contributed by atoms with E-state index in [2.05, 4.69) is 5.32 Å². The van der Waals surface area contributed by atoms with Gasteiger partial charge in [-0.2, -0.15) is 0 Å². The Bertz CT molecular complexity index is 1340. The number of hydrogen-bond donors (Lipinski definition) is 1. The molecule has 154 valence electrons. The maximum Gasteiger partial charge on any atom is 0.255 e. The summed E-state index contributed by atoms with van der Waals surface area (Å²) < 4.78 is 11.9. The van der Waals surface area contributed by atoms with Crippen LogP contribution in [0.5, 0.6) is 5.75 Å². The van der Waals surface area contributed by atoms with E-state index in [4.69, 9.17) is 9.15 Å². The van der Waals surface area contributed by atoms with Gasteiger partial charge in [-0.05, 0) is 25.1 Å². The number of carbonyl (C=O) groups excluding carboxylic acids is 1. The highest BCUT2D eigenvalue weighted by Crippen LogP contribution is 2.32. The fourth-order valence-electron chi connectivity index (χ4n) is 4.08. The molecule has 2 heterocycles. The third-order valence-corrected chi connectivity index (χ3v) is 5.69. The van der Waals surface area contributed by atoms with E-state index in [1.54, 1.807) is 25.1 Å². The lowest BCUT2D eigenvalue weighted by Crippen LogP contribution is -2.32. The predicted octanol–water partition coefficient (Wildman–Crippen LogP) is 5.02. The molecular weight excluding hydrogens is 390 g/mol. The van der Waals surface area contributed by atoms with E-state index in [1.807, 2.05) is 54.6 Å². The minimum absolute atomic E-state index is 0.133. The maximum absolute atomic E-state index is 13.3. The summed E-state index contributed by atoms with van der Waals surface area (Å²) in [7, 11) is 0. The molecule has 0 saturated carbocycles.